The van der Waals surface area contributed by atoms with Crippen LogP contribution in [0.1, 0.15) is 19.4 Å². The molecule has 124 valence electrons. The van der Waals surface area contributed by atoms with Gasteiger partial charge in [0, 0.05) is 17.6 Å². The molecular weight excluding hydrogens is 334 g/mol. The summed E-state index contributed by atoms with van der Waals surface area (Å²) >= 11 is 5.84. The molecule has 0 aliphatic carbocycles. The zero-order valence-electron chi connectivity index (χ0n) is 13.4. The van der Waals surface area contributed by atoms with Crippen LogP contribution in [0.3, 0.4) is 0 Å². The minimum absolute atomic E-state index is 0.169. The lowest BCUT2D eigenvalue weighted by molar-refractivity contribution is 0.348. The first-order valence-electron chi connectivity index (χ1n) is 7.25. The monoisotopic (exact) mass is 353 g/mol. The lowest BCUT2D eigenvalue weighted by Gasteiger charge is -2.26. The molecule has 4 nitrogen and oxygen atoms in total. The lowest BCUT2D eigenvalue weighted by Crippen LogP contribution is -2.36. The number of rotatable bonds is 6. The number of hydrogen-bond acceptors (Lipinski definition) is 3. The van der Waals surface area contributed by atoms with E-state index in [2.05, 4.69) is 0 Å². The van der Waals surface area contributed by atoms with Crippen molar-refractivity contribution in [3.8, 4) is 5.75 Å². The van der Waals surface area contributed by atoms with Crippen LogP contribution in [0.5, 0.6) is 5.75 Å². The molecule has 0 fully saturated rings. The first kappa shape index (κ1) is 17.8. The Kier molecular flexibility index (Phi) is 5.68. The molecule has 0 atom stereocenters. The molecular formula is C17H20ClNO3S. The fourth-order valence-corrected chi connectivity index (χ4v) is 3.95. The summed E-state index contributed by atoms with van der Waals surface area (Å²) in [7, 11) is -1.99. The standard InChI is InChI=1S/C17H20ClNO3S/c1-13(2)19(12-14-4-8-16(22-3)9-5-14)23(20,21)17-10-6-15(18)7-11-17/h4-11,13H,12H2,1-3H3. The van der Waals surface area contributed by atoms with Crippen LogP contribution in [0.4, 0.5) is 0 Å². The average molecular weight is 354 g/mol. The third-order valence-electron chi connectivity index (χ3n) is 3.49. The number of nitrogens with zero attached hydrogens (tertiary/aromatic N) is 1. The van der Waals surface area contributed by atoms with Gasteiger partial charge in [-0.3, -0.25) is 0 Å². The van der Waals surface area contributed by atoms with E-state index in [4.69, 9.17) is 16.3 Å². The van der Waals surface area contributed by atoms with Crippen LogP contribution in [-0.4, -0.2) is 25.9 Å². The van der Waals surface area contributed by atoms with E-state index in [1.165, 1.54) is 16.4 Å². The largest absolute Gasteiger partial charge is 0.497 e. The second-order valence-corrected chi connectivity index (χ2v) is 7.77. The van der Waals surface area contributed by atoms with Crippen molar-refractivity contribution in [3.63, 3.8) is 0 Å². The van der Waals surface area contributed by atoms with Gasteiger partial charge in [-0.1, -0.05) is 23.7 Å². The van der Waals surface area contributed by atoms with Crippen molar-refractivity contribution in [1.82, 2.24) is 4.31 Å². The van der Waals surface area contributed by atoms with Crippen LogP contribution in [0.25, 0.3) is 0 Å². The van der Waals surface area contributed by atoms with Gasteiger partial charge in [0.1, 0.15) is 5.75 Å². The van der Waals surface area contributed by atoms with Crippen LogP contribution in [0.15, 0.2) is 53.4 Å². The van der Waals surface area contributed by atoms with Crippen molar-refractivity contribution in [1.29, 1.82) is 0 Å². The molecule has 0 bridgehead atoms. The molecule has 23 heavy (non-hydrogen) atoms. The maximum Gasteiger partial charge on any atom is 0.243 e. The van der Waals surface area contributed by atoms with E-state index in [1.54, 1.807) is 19.2 Å². The maximum atomic E-state index is 12.9. The highest BCUT2D eigenvalue weighted by molar-refractivity contribution is 7.89. The molecule has 0 spiro atoms. The molecule has 0 unspecified atom stereocenters. The van der Waals surface area contributed by atoms with E-state index in [9.17, 15) is 8.42 Å². The Hall–Kier alpha value is -1.56. The molecule has 2 rings (SSSR count). The van der Waals surface area contributed by atoms with Crippen molar-refractivity contribution >= 4 is 21.6 Å². The number of benzene rings is 2. The van der Waals surface area contributed by atoms with Gasteiger partial charge in [0.2, 0.25) is 10.0 Å². The van der Waals surface area contributed by atoms with E-state index in [0.29, 0.717) is 11.6 Å². The Morgan fingerprint density at radius 3 is 2.09 bits per heavy atom. The van der Waals surface area contributed by atoms with E-state index < -0.39 is 10.0 Å². The Morgan fingerprint density at radius 1 is 1.04 bits per heavy atom. The second-order valence-electron chi connectivity index (χ2n) is 5.45. The summed E-state index contributed by atoms with van der Waals surface area (Å²) in [5.41, 5.74) is 0.900. The highest BCUT2D eigenvalue weighted by Gasteiger charge is 2.27. The molecule has 0 aromatic heterocycles. The van der Waals surface area contributed by atoms with E-state index in [1.807, 2.05) is 38.1 Å². The van der Waals surface area contributed by atoms with Gasteiger partial charge in [-0.2, -0.15) is 4.31 Å². The van der Waals surface area contributed by atoms with E-state index in [0.717, 1.165) is 11.3 Å². The fourth-order valence-electron chi connectivity index (χ4n) is 2.20. The Bertz CT molecular complexity index is 740. The highest BCUT2D eigenvalue weighted by Crippen LogP contribution is 2.23. The van der Waals surface area contributed by atoms with Gasteiger partial charge in [0.25, 0.3) is 0 Å². The SMILES string of the molecule is COc1ccc(CN(C(C)C)S(=O)(=O)c2ccc(Cl)cc2)cc1. The molecule has 0 saturated carbocycles. The van der Waals surface area contributed by atoms with Crippen LogP contribution < -0.4 is 4.74 Å². The van der Waals surface area contributed by atoms with Crippen LogP contribution in [0, 0.1) is 0 Å². The van der Waals surface area contributed by atoms with Gasteiger partial charge < -0.3 is 4.74 Å². The summed E-state index contributed by atoms with van der Waals surface area (Å²) in [5, 5.41) is 0.509. The first-order chi connectivity index (χ1) is 10.8. The van der Waals surface area contributed by atoms with Crippen LogP contribution in [0.2, 0.25) is 5.02 Å². The molecule has 0 heterocycles. The Morgan fingerprint density at radius 2 is 1.61 bits per heavy atom. The average Bonchev–Trinajstić information content (AvgIpc) is 2.53. The number of halogens is 1. The van der Waals surface area contributed by atoms with Crippen LogP contribution >= 0.6 is 11.6 Å². The molecule has 0 N–H and O–H groups in total. The number of sulfonamides is 1. The predicted molar refractivity (Wildman–Crippen MR) is 92.3 cm³/mol. The van der Waals surface area contributed by atoms with Gasteiger partial charge in [0.05, 0.1) is 12.0 Å². The fraction of sp³-hybridized carbons (Fsp3) is 0.294. The summed E-state index contributed by atoms with van der Waals surface area (Å²) in [6, 6.07) is 13.4. The van der Waals surface area contributed by atoms with Crippen molar-refractivity contribution in [2.24, 2.45) is 0 Å². The second kappa shape index (κ2) is 7.34. The van der Waals surface area contributed by atoms with Gasteiger partial charge in [0.15, 0.2) is 0 Å². The van der Waals surface area contributed by atoms with Gasteiger partial charge in [-0.05, 0) is 55.8 Å². The normalized spacial score (nSPS) is 11.9. The Balaban J connectivity index is 2.31. The van der Waals surface area contributed by atoms with Crippen molar-refractivity contribution in [3.05, 3.63) is 59.1 Å². The summed E-state index contributed by atoms with van der Waals surface area (Å²) in [6.45, 7) is 4.01. The van der Waals surface area contributed by atoms with Gasteiger partial charge >= 0.3 is 0 Å². The minimum atomic E-state index is -3.59. The van der Waals surface area contributed by atoms with Crippen molar-refractivity contribution < 1.29 is 13.2 Å². The summed E-state index contributed by atoms with van der Waals surface area (Å²) in [5.74, 6) is 0.741. The van der Waals surface area contributed by atoms with E-state index in [-0.39, 0.29) is 10.9 Å². The summed E-state index contributed by atoms with van der Waals surface area (Å²) in [6.07, 6.45) is 0. The zero-order chi connectivity index (χ0) is 17.0. The molecule has 0 saturated heterocycles. The smallest absolute Gasteiger partial charge is 0.243 e. The van der Waals surface area contributed by atoms with Gasteiger partial charge in [-0.25, -0.2) is 8.42 Å². The molecule has 0 aliphatic heterocycles. The Labute approximate surface area is 142 Å². The quantitative estimate of drug-likeness (QED) is 0.790. The van der Waals surface area contributed by atoms with Crippen molar-refractivity contribution in [2.45, 2.75) is 31.3 Å². The summed E-state index contributed by atoms with van der Waals surface area (Å²) in [4.78, 5) is 0.240. The molecule has 2 aromatic rings. The van der Waals surface area contributed by atoms with Crippen molar-refractivity contribution in [2.75, 3.05) is 7.11 Å². The molecule has 0 amide bonds. The van der Waals surface area contributed by atoms with E-state index >= 15 is 0 Å². The number of ether oxygens (including phenoxy) is 1. The zero-order valence-corrected chi connectivity index (χ0v) is 14.9. The van der Waals surface area contributed by atoms with Crippen LogP contribution in [-0.2, 0) is 16.6 Å². The number of methoxy groups -OCH3 is 1. The van der Waals surface area contributed by atoms with Gasteiger partial charge in [-0.15, -0.1) is 0 Å². The first-order valence-corrected chi connectivity index (χ1v) is 9.06. The third-order valence-corrected chi connectivity index (χ3v) is 5.78. The topological polar surface area (TPSA) is 46.6 Å². The lowest BCUT2D eigenvalue weighted by atomic mass is 10.2. The molecule has 6 heteroatoms. The number of hydrogen-bond donors (Lipinski definition) is 0. The maximum absolute atomic E-state index is 12.9. The molecule has 2 aromatic carbocycles. The summed E-state index contributed by atoms with van der Waals surface area (Å²) < 4.78 is 32.3. The minimum Gasteiger partial charge on any atom is -0.497 e. The highest BCUT2D eigenvalue weighted by atomic mass is 35.5. The molecule has 0 radical (unpaired) electrons. The third kappa shape index (κ3) is 4.25. The predicted octanol–water partition coefficient (Wildman–Crippen LogP) is 3.95. The molecule has 0 aliphatic rings.